The molecule has 0 radical (unpaired) electrons. The summed E-state index contributed by atoms with van der Waals surface area (Å²) in [5.41, 5.74) is 1.04. The van der Waals surface area contributed by atoms with Gasteiger partial charge in [0.25, 0.3) is 0 Å². The van der Waals surface area contributed by atoms with Gasteiger partial charge >= 0.3 is 0 Å². The van der Waals surface area contributed by atoms with E-state index in [0.717, 1.165) is 18.5 Å². The lowest BCUT2D eigenvalue weighted by atomic mass is 10.1. The van der Waals surface area contributed by atoms with Gasteiger partial charge in [-0.2, -0.15) is 4.31 Å². The zero-order chi connectivity index (χ0) is 14.0. The van der Waals surface area contributed by atoms with E-state index < -0.39 is 10.0 Å². The summed E-state index contributed by atoms with van der Waals surface area (Å²) < 4.78 is 27.4. The first-order chi connectivity index (χ1) is 8.95. The zero-order valence-corrected chi connectivity index (χ0v) is 14.8. The van der Waals surface area contributed by atoms with Crippen molar-refractivity contribution in [2.45, 2.75) is 18.2 Å². The van der Waals surface area contributed by atoms with E-state index in [0.29, 0.717) is 28.4 Å². The van der Waals surface area contributed by atoms with Gasteiger partial charge in [0, 0.05) is 17.6 Å². The fraction of sp³-hybridized carbons (Fsp3) is 0.538. The van der Waals surface area contributed by atoms with Gasteiger partial charge in [0.05, 0.1) is 4.90 Å². The van der Waals surface area contributed by atoms with E-state index in [2.05, 4.69) is 21.2 Å². The molecule has 2 rings (SSSR count). The van der Waals surface area contributed by atoms with Crippen molar-refractivity contribution in [1.82, 2.24) is 9.62 Å². The van der Waals surface area contributed by atoms with E-state index in [-0.39, 0.29) is 12.4 Å². The molecule has 0 aromatic heterocycles. The molecule has 1 heterocycles. The number of benzene rings is 1. The second-order valence-electron chi connectivity index (χ2n) is 5.01. The molecule has 1 N–H and O–H groups in total. The number of aryl methyl sites for hydroxylation is 1. The Bertz CT molecular complexity index is 565. The summed E-state index contributed by atoms with van der Waals surface area (Å²) in [5, 5.41) is 3.11. The summed E-state index contributed by atoms with van der Waals surface area (Å²) in [4.78, 5) is 0.364. The van der Waals surface area contributed by atoms with Gasteiger partial charge in [-0.3, -0.25) is 0 Å². The predicted molar refractivity (Wildman–Crippen MR) is 86.9 cm³/mol. The number of hydrogen-bond acceptors (Lipinski definition) is 3. The minimum absolute atomic E-state index is 0. The van der Waals surface area contributed by atoms with Crippen molar-refractivity contribution in [3.63, 3.8) is 0 Å². The van der Waals surface area contributed by atoms with Gasteiger partial charge in [-0.1, -0.05) is 6.07 Å². The summed E-state index contributed by atoms with van der Waals surface area (Å²) >= 11 is 3.36. The molecule has 7 heteroatoms. The van der Waals surface area contributed by atoms with Crippen molar-refractivity contribution in [3.05, 3.63) is 28.2 Å². The quantitative estimate of drug-likeness (QED) is 0.868. The number of nitrogens with zero attached hydrogens (tertiary/aromatic N) is 1. The molecule has 1 unspecified atom stereocenters. The Morgan fingerprint density at radius 3 is 2.75 bits per heavy atom. The van der Waals surface area contributed by atoms with Gasteiger partial charge in [0.15, 0.2) is 0 Å². The van der Waals surface area contributed by atoms with E-state index in [1.54, 1.807) is 10.4 Å². The van der Waals surface area contributed by atoms with Crippen LogP contribution < -0.4 is 5.32 Å². The maximum atomic E-state index is 12.6. The first kappa shape index (κ1) is 17.9. The molecule has 1 aliphatic heterocycles. The van der Waals surface area contributed by atoms with E-state index in [4.69, 9.17) is 0 Å². The van der Waals surface area contributed by atoms with Crippen molar-refractivity contribution < 1.29 is 8.42 Å². The normalized spacial score (nSPS) is 19.9. The van der Waals surface area contributed by atoms with E-state index in [1.807, 2.05) is 26.1 Å². The minimum Gasteiger partial charge on any atom is -0.319 e. The topological polar surface area (TPSA) is 49.4 Å². The summed E-state index contributed by atoms with van der Waals surface area (Å²) in [6, 6.07) is 5.35. The Hall–Kier alpha value is -0.140. The van der Waals surface area contributed by atoms with Crippen LogP contribution in [0.1, 0.15) is 12.0 Å². The maximum Gasteiger partial charge on any atom is 0.244 e. The van der Waals surface area contributed by atoms with Crippen LogP contribution in [0, 0.1) is 12.8 Å². The first-order valence-electron chi connectivity index (χ1n) is 6.36. The van der Waals surface area contributed by atoms with Gasteiger partial charge < -0.3 is 5.32 Å². The Morgan fingerprint density at radius 1 is 1.45 bits per heavy atom. The fourth-order valence-electron chi connectivity index (χ4n) is 2.42. The van der Waals surface area contributed by atoms with Crippen molar-refractivity contribution in [2.75, 3.05) is 26.7 Å². The minimum atomic E-state index is -3.38. The highest BCUT2D eigenvalue weighted by atomic mass is 79.9. The molecule has 20 heavy (non-hydrogen) atoms. The molecule has 4 nitrogen and oxygen atoms in total. The van der Waals surface area contributed by atoms with Crippen LogP contribution >= 0.6 is 28.3 Å². The largest absolute Gasteiger partial charge is 0.319 e. The molecule has 0 aliphatic carbocycles. The van der Waals surface area contributed by atoms with Gasteiger partial charge in [0.2, 0.25) is 10.0 Å². The third-order valence-electron chi connectivity index (χ3n) is 3.45. The zero-order valence-electron chi connectivity index (χ0n) is 11.6. The standard InChI is InChI=1S/C13H19BrN2O2S.ClH/c1-10-3-4-13(12(14)7-10)19(17,18)16-6-5-11(9-16)8-15-2;/h3-4,7,11,15H,5-6,8-9H2,1-2H3;1H. The summed E-state index contributed by atoms with van der Waals surface area (Å²) in [7, 11) is -1.48. The molecule has 0 spiro atoms. The lowest BCUT2D eigenvalue weighted by molar-refractivity contribution is 0.451. The number of nitrogens with one attached hydrogen (secondary N) is 1. The molecule has 1 saturated heterocycles. The van der Waals surface area contributed by atoms with Crippen LogP contribution in [0.25, 0.3) is 0 Å². The SMILES string of the molecule is CNCC1CCN(S(=O)(=O)c2ccc(C)cc2Br)C1.Cl. The number of sulfonamides is 1. The van der Waals surface area contributed by atoms with Gasteiger partial charge in [-0.05, 0) is 66.5 Å². The highest BCUT2D eigenvalue weighted by Crippen LogP contribution is 2.29. The lowest BCUT2D eigenvalue weighted by Crippen LogP contribution is -2.30. The van der Waals surface area contributed by atoms with Crippen LogP contribution in [0.3, 0.4) is 0 Å². The molecule has 114 valence electrons. The molecular formula is C13H20BrClN2O2S. The van der Waals surface area contributed by atoms with Crippen molar-refractivity contribution in [2.24, 2.45) is 5.92 Å². The van der Waals surface area contributed by atoms with E-state index >= 15 is 0 Å². The molecule has 1 aliphatic rings. The average molecular weight is 384 g/mol. The lowest BCUT2D eigenvalue weighted by Gasteiger charge is -2.17. The van der Waals surface area contributed by atoms with E-state index in [1.165, 1.54) is 0 Å². The van der Waals surface area contributed by atoms with Crippen LogP contribution in [-0.2, 0) is 10.0 Å². The highest BCUT2D eigenvalue weighted by molar-refractivity contribution is 9.10. The molecule has 1 aromatic carbocycles. The van der Waals surface area contributed by atoms with E-state index in [9.17, 15) is 8.42 Å². The Balaban J connectivity index is 0.00000200. The average Bonchev–Trinajstić information content (AvgIpc) is 2.78. The summed E-state index contributed by atoms with van der Waals surface area (Å²) in [6.07, 6.45) is 0.920. The third kappa shape index (κ3) is 3.74. The second kappa shape index (κ2) is 7.22. The summed E-state index contributed by atoms with van der Waals surface area (Å²) in [6.45, 7) is 4.01. The van der Waals surface area contributed by atoms with Crippen molar-refractivity contribution in [1.29, 1.82) is 0 Å². The van der Waals surface area contributed by atoms with Crippen LogP contribution in [0.4, 0.5) is 0 Å². The molecule has 1 fully saturated rings. The van der Waals surface area contributed by atoms with Gasteiger partial charge in [-0.15, -0.1) is 12.4 Å². The van der Waals surface area contributed by atoms with Crippen LogP contribution in [0.15, 0.2) is 27.6 Å². The maximum absolute atomic E-state index is 12.6. The number of hydrogen-bond donors (Lipinski definition) is 1. The highest BCUT2D eigenvalue weighted by Gasteiger charge is 2.33. The monoisotopic (exact) mass is 382 g/mol. The van der Waals surface area contributed by atoms with Crippen LogP contribution in [-0.4, -0.2) is 39.4 Å². The molecule has 0 bridgehead atoms. The second-order valence-corrected chi connectivity index (χ2v) is 7.77. The van der Waals surface area contributed by atoms with Gasteiger partial charge in [-0.25, -0.2) is 8.42 Å². The van der Waals surface area contributed by atoms with Crippen LogP contribution in [0.2, 0.25) is 0 Å². The molecular weight excluding hydrogens is 364 g/mol. The Morgan fingerprint density at radius 2 is 2.15 bits per heavy atom. The fourth-order valence-corrected chi connectivity index (χ4v) is 5.11. The number of halogens is 2. The van der Waals surface area contributed by atoms with Crippen molar-refractivity contribution >= 4 is 38.4 Å². The first-order valence-corrected chi connectivity index (χ1v) is 8.59. The molecule has 1 aromatic rings. The Kier molecular flexibility index (Phi) is 6.47. The smallest absolute Gasteiger partial charge is 0.244 e. The predicted octanol–water partition coefficient (Wildman–Crippen LogP) is 2.41. The summed E-state index contributed by atoms with van der Waals surface area (Å²) in [5.74, 6) is 0.406. The molecule has 0 saturated carbocycles. The molecule has 1 atom stereocenters. The third-order valence-corrected chi connectivity index (χ3v) is 6.29. The molecule has 0 amide bonds. The van der Waals surface area contributed by atoms with Crippen LogP contribution in [0.5, 0.6) is 0 Å². The van der Waals surface area contributed by atoms with Crippen molar-refractivity contribution in [3.8, 4) is 0 Å². The number of rotatable bonds is 4. The van der Waals surface area contributed by atoms with Gasteiger partial charge in [0.1, 0.15) is 0 Å². The Labute approximate surface area is 135 Å².